The van der Waals surface area contributed by atoms with Crippen molar-refractivity contribution >= 4 is 5.78 Å². The molecule has 0 N–H and O–H groups in total. The predicted molar refractivity (Wildman–Crippen MR) is 58.6 cm³/mol. The molecule has 100 valence electrons. The van der Waals surface area contributed by atoms with E-state index in [0.717, 1.165) is 12.5 Å². The maximum atomic E-state index is 12.1. The number of hydrogen-bond donors (Lipinski definition) is 0. The highest BCUT2D eigenvalue weighted by atomic mass is 19.4. The van der Waals surface area contributed by atoms with Crippen LogP contribution in [0.5, 0.6) is 5.75 Å². The number of benzene rings is 1. The number of ether oxygens (including phenoxy) is 2. The van der Waals surface area contributed by atoms with Crippen LogP contribution >= 0.6 is 0 Å². The molecule has 3 nitrogen and oxygen atoms in total. The summed E-state index contributed by atoms with van der Waals surface area (Å²) in [6.45, 7) is 1.99. The summed E-state index contributed by atoms with van der Waals surface area (Å²) in [5.41, 5.74) is -0.133. The maximum Gasteiger partial charge on any atom is 0.573 e. The van der Waals surface area contributed by atoms with E-state index in [4.69, 9.17) is 4.74 Å². The molecule has 0 aromatic heterocycles. The topological polar surface area (TPSA) is 35.5 Å². The number of alkyl halides is 3. The molecule has 0 bridgehead atoms. The van der Waals surface area contributed by atoms with Crippen molar-refractivity contribution in [3.8, 4) is 5.75 Å². The zero-order valence-corrected chi connectivity index (χ0v) is 9.79. The normalized spacial score (nSPS) is 11.3. The van der Waals surface area contributed by atoms with Crippen molar-refractivity contribution < 1.29 is 27.4 Å². The van der Waals surface area contributed by atoms with Gasteiger partial charge in [0.1, 0.15) is 12.4 Å². The van der Waals surface area contributed by atoms with Gasteiger partial charge in [-0.2, -0.15) is 0 Å². The van der Waals surface area contributed by atoms with E-state index < -0.39 is 17.9 Å². The molecule has 0 fully saturated rings. The summed E-state index contributed by atoms with van der Waals surface area (Å²) in [6, 6.07) is 5.21. The Labute approximate surface area is 103 Å². The highest BCUT2D eigenvalue weighted by molar-refractivity contribution is 5.99. The van der Waals surface area contributed by atoms with E-state index in [0.29, 0.717) is 6.61 Å². The first-order chi connectivity index (χ1) is 8.44. The van der Waals surface area contributed by atoms with Crippen molar-refractivity contribution in [2.75, 3.05) is 13.2 Å². The van der Waals surface area contributed by atoms with Gasteiger partial charge in [0.15, 0.2) is 5.78 Å². The lowest BCUT2D eigenvalue weighted by molar-refractivity contribution is -0.274. The molecule has 0 aliphatic heterocycles. The van der Waals surface area contributed by atoms with Crippen LogP contribution in [0.15, 0.2) is 24.3 Å². The van der Waals surface area contributed by atoms with Crippen LogP contribution in [0.2, 0.25) is 0 Å². The quantitative estimate of drug-likeness (QED) is 0.583. The number of ketones is 1. The molecule has 0 heterocycles. The van der Waals surface area contributed by atoms with Crippen LogP contribution in [0, 0.1) is 0 Å². The summed E-state index contributed by atoms with van der Waals surface area (Å²) in [4.78, 5) is 11.7. The zero-order valence-electron chi connectivity index (χ0n) is 9.79. The minimum Gasteiger partial charge on any atom is -0.405 e. The van der Waals surface area contributed by atoms with E-state index in [1.165, 1.54) is 18.2 Å². The SMILES string of the molecule is CCCOCC(=O)c1ccccc1OC(F)(F)F. The Kier molecular flexibility index (Phi) is 5.15. The standard InChI is InChI=1S/C12H13F3O3/c1-2-7-17-8-10(16)9-5-3-4-6-11(9)18-12(13,14)15/h3-6H,2,7-8H2,1H3. The third-order valence-electron chi connectivity index (χ3n) is 1.99. The van der Waals surface area contributed by atoms with E-state index in [-0.39, 0.29) is 12.2 Å². The lowest BCUT2D eigenvalue weighted by Crippen LogP contribution is -2.20. The van der Waals surface area contributed by atoms with Crippen molar-refractivity contribution in [1.82, 2.24) is 0 Å². The van der Waals surface area contributed by atoms with Crippen LogP contribution in [0.3, 0.4) is 0 Å². The Hall–Kier alpha value is -1.56. The summed E-state index contributed by atoms with van der Waals surface area (Å²) in [7, 11) is 0. The first kappa shape index (κ1) is 14.5. The second kappa shape index (κ2) is 6.39. The molecule has 0 saturated carbocycles. The number of rotatable bonds is 6. The number of carbonyl (C=O) groups excluding carboxylic acids is 1. The molecule has 0 saturated heterocycles. The van der Waals surface area contributed by atoms with Gasteiger partial charge in [-0.1, -0.05) is 19.1 Å². The number of halogens is 3. The number of Topliss-reactive ketones (excluding diaryl/α,β-unsaturated/α-hetero) is 1. The van der Waals surface area contributed by atoms with Gasteiger partial charge in [-0.05, 0) is 18.6 Å². The lowest BCUT2D eigenvalue weighted by Gasteiger charge is -2.12. The molecule has 18 heavy (non-hydrogen) atoms. The van der Waals surface area contributed by atoms with E-state index in [2.05, 4.69) is 4.74 Å². The average molecular weight is 262 g/mol. The molecule has 1 aromatic rings. The Morgan fingerprint density at radius 3 is 2.56 bits per heavy atom. The molecular weight excluding hydrogens is 249 g/mol. The minimum absolute atomic E-state index is 0.133. The summed E-state index contributed by atoms with van der Waals surface area (Å²) in [5.74, 6) is -1.04. The molecule has 0 aliphatic rings. The largest absolute Gasteiger partial charge is 0.573 e. The fraction of sp³-hybridized carbons (Fsp3) is 0.417. The average Bonchev–Trinajstić information content (AvgIpc) is 2.27. The molecule has 0 amide bonds. The second-order valence-corrected chi connectivity index (χ2v) is 3.52. The van der Waals surface area contributed by atoms with Crippen molar-refractivity contribution in [3.63, 3.8) is 0 Å². The van der Waals surface area contributed by atoms with Crippen molar-refractivity contribution in [2.45, 2.75) is 19.7 Å². The van der Waals surface area contributed by atoms with Crippen molar-refractivity contribution in [3.05, 3.63) is 29.8 Å². The van der Waals surface area contributed by atoms with Gasteiger partial charge in [-0.3, -0.25) is 4.79 Å². The van der Waals surface area contributed by atoms with E-state index in [1.807, 2.05) is 6.92 Å². The highest BCUT2D eigenvalue weighted by Crippen LogP contribution is 2.26. The zero-order chi connectivity index (χ0) is 13.6. The summed E-state index contributed by atoms with van der Waals surface area (Å²) in [5, 5.41) is 0. The van der Waals surface area contributed by atoms with E-state index in [1.54, 1.807) is 0 Å². The van der Waals surface area contributed by atoms with Gasteiger partial charge >= 0.3 is 6.36 Å². The van der Waals surface area contributed by atoms with Crippen molar-refractivity contribution in [2.24, 2.45) is 0 Å². The minimum atomic E-state index is -4.82. The molecule has 0 atom stereocenters. The van der Waals surface area contributed by atoms with Crippen LogP contribution in [0.4, 0.5) is 13.2 Å². The van der Waals surface area contributed by atoms with Gasteiger partial charge < -0.3 is 9.47 Å². The van der Waals surface area contributed by atoms with Gasteiger partial charge in [-0.25, -0.2) is 0 Å². The van der Waals surface area contributed by atoms with Crippen LogP contribution in [-0.4, -0.2) is 25.4 Å². The fourth-order valence-electron chi connectivity index (χ4n) is 1.30. The Bertz CT molecular complexity index is 402. The van der Waals surface area contributed by atoms with Gasteiger partial charge in [-0.15, -0.1) is 13.2 Å². The third kappa shape index (κ3) is 4.75. The van der Waals surface area contributed by atoms with Gasteiger partial charge in [0.05, 0.1) is 5.56 Å². The Morgan fingerprint density at radius 1 is 1.28 bits per heavy atom. The molecule has 1 rings (SSSR count). The van der Waals surface area contributed by atoms with Gasteiger partial charge in [0, 0.05) is 6.61 Å². The van der Waals surface area contributed by atoms with Crippen LogP contribution in [0.1, 0.15) is 23.7 Å². The second-order valence-electron chi connectivity index (χ2n) is 3.52. The van der Waals surface area contributed by atoms with Gasteiger partial charge in [0.2, 0.25) is 0 Å². The molecular formula is C12H13F3O3. The predicted octanol–water partition coefficient (Wildman–Crippen LogP) is 3.19. The molecule has 0 aliphatic carbocycles. The number of hydrogen-bond acceptors (Lipinski definition) is 3. The molecule has 1 aromatic carbocycles. The Balaban J connectivity index is 2.78. The molecule has 6 heteroatoms. The fourth-order valence-corrected chi connectivity index (χ4v) is 1.30. The van der Waals surface area contributed by atoms with Crippen LogP contribution in [-0.2, 0) is 4.74 Å². The van der Waals surface area contributed by atoms with E-state index in [9.17, 15) is 18.0 Å². The number of carbonyl (C=O) groups is 1. The lowest BCUT2D eigenvalue weighted by atomic mass is 10.1. The van der Waals surface area contributed by atoms with Crippen LogP contribution < -0.4 is 4.74 Å². The molecule has 0 spiro atoms. The van der Waals surface area contributed by atoms with Crippen LogP contribution in [0.25, 0.3) is 0 Å². The summed E-state index contributed by atoms with van der Waals surface area (Å²) >= 11 is 0. The summed E-state index contributed by atoms with van der Waals surface area (Å²) in [6.07, 6.45) is -4.09. The third-order valence-corrected chi connectivity index (χ3v) is 1.99. The monoisotopic (exact) mass is 262 g/mol. The first-order valence-electron chi connectivity index (χ1n) is 5.39. The van der Waals surface area contributed by atoms with Gasteiger partial charge in [0.25, 0.3) is 0 Å². The van der Waals surface area contributed by atoms with Crippen molar-refractivity contribution in [1.29, 1.82) is 0 Å². The molecule has 0 unspecified atom stereocenters. The first-order valence-corrected chi connectivity index (χ1v) is 5.39. The Morgan fingerprint density at radius 2 is 1.94 bits per heavy atom. The number of para-hydroxylation sites is 1. The summed E-state index contributed by atoms with van der Waals surface area (Å²) < 4.78 is 45.2. The maximum absolute atomic E-state index is 12.1. The smallest absolute Gasteiger partial charge is 0.405 e. The molecule has 0 radical (unpaired) electrons. The van der Waals surface area contributed by atoms with E-state index >= 15 is 0 Å². The highest BCUT2D eigenvalue weighted by Gasteiger charge is 2.32.